The van der Waals surface area contributed by atoms with Crippen LogP contribution >= 0.6 is 0 Å². The summed E-state index contributed by atoms with van der Waals surface area (Å²) in [4.78, 5) is 7.24. The van der Waals surface area contributed by atoms with E-state index in [1.807, 2.05) is 6.92 Å². The summed E-state index contributed by atoms with van der Waals surface area (Å²) in [5.41, 5.74) is 2.53. The summed E-state index contributed by atoms with van der Waals surface area (Å²) < 4.78 is 23.4. The summed E-state index contributed by atoms with van der Waals surface area (Å²) in [5.74, 6) is 1.16. The minimum atomic E-state index is -2.90. The Balaban J connectivity index is 1.59. The second-order valence-electron chi connectivity index (χ2n) is 7.95. The second-order valence-corrected chi connectivity index (χ2v) is 10.2. The van der Waals surface area contributed by atoms with E-state index in [1.54, 1.807) is 0 Å². The minimum absolute atomic E-state index is 0.0443. The van der Waals surface area contributed by atoms with Crippen LogP contribution in [0.5, 0.6) is 0 Å². The van der Waals surface area contributed by atoms with Crippen molar-refractivity contribution in [3.05, 3.63) is 35.4 Å². The molecule has 1 atom stereocenters. The predicted molar refractivity (Wildman–Crippen MR) is 115 cm³/mol. The molecule has 2 fully saturated rings. The van der Waals surface area contributed by atoms with Crippen molar-refractivity contribution >= 4 is 15.8 Å². The van der Waals surface area contributed by atoms with Gasteiger partial charge in [0.15, 0.2) is 15.8 Å². The lowest BCUT2D eigenvalue weighted by molar-refractivity contribution is 0.277. The molecule has 2 heterocycles. The molecule has 1 aromatic rings. The lowest BCUT2D eigenvalue weighted by Gasteiger charge is -2.20. The summed E-state index contributed by atoms with van der Waals surface area (Å²) in [6.07, 6.45) is 5.97. The van der Waals surface area contributed by atoms with Gasteiger partial charge in [0.05, 0.1) is 18.1 Å². The third-order valence-corrected chi connectivity index (χ3v) is 7.20. The highest BCUT2D eigenvalue weighted by atomic mass is 32.2. The number of sulfone groups is 1. The molecule has 1 aromatic carbocycles. The average Bonchev–Trinajstić information content (AvgIpc) is 2.84. The molecule has 1 unspecified atom stereocenters. The fraction of sp³-hybridized carbons (Fsp3) is 0.667. The molecule has 28 heavy (non-hydrogen) atoms. The summed E-state index contributed by atoms with van der Waals surface area (Å²) in [5, 5.41) is 6.51. The van der Waals surface area contributed by atoms with Crippen LogP contribution in [0, 0.1) is 0 Å². The number of nitrogens with one attached hydrogen (secondary N) is 2. The third-order valence-electron chi connectivity index (χ3n) is 5.43. The Morgan fingerprint density at radius 1 is 1.18 bits per heavy atom. The number of hydrogen-bond acceptors (Lipinski definition) is 4. The molecule has 3 rings (SSSR count). The van der Waals surface area contributed by atoms with E-state index in [9.17, 15) is 8.42 Å². The largest absolute Gasteiger partial charge is 0.357 e. The van der Waals surface area contributed by atoms with Gasteiger partial charge in [-0.2, -0.15) is 0 Å². The van der Waals surface area contributed by atoms with E-state index in [2.05, 4.69) is 44.8 Å². The van der Waals surface area contributed by atoms with Gasteiger partial charge in [0.1, 0.15) is 0 Å². The van der Waals surface area contributed by atoms with E-state index in [0.29, 0.717) is 18.9 Å². The molecule has 2 saturated heterocycles. The highest BCUT2D eigenvalue weighted by molar-refractivity contribution is 7.91. The molecular formula is C21H34N4O2S. The van der Waals surface area contributed by atoms with E-state index < -0.39 is 9.84 Å². The van der Waals surface area contributed by atoms with Crippen LogP contribution < -0.4 is 10.6 Å². The smallest absolute Gasteiger partial charge is 0.191 e. The van der Waals surface area contributed by atoms with E-state index in [-0.39, 0.29) is 17.5 Å². The van der Waals surface area contributed by atoms with Gasteiger partial charge in [-0.25, -0.2) is 13.4 Å². The van der Waals surface area contributed by atoms with E-state index in [4.69, 9.17) is 0 Å². The van der Waals surface area contributed by atoms with Crippen molar-refractivity contribution in [2.24, 2.45) is 4.99 Å². The minimum Gasteiger partial charge on any atom is -0.357 e. The van der Waals surface area contributed by atoms with Gasteiger partial charge < -0.3 is 10.6 Å². The van der Waals surface area contributed by atoms with E-state index in [0.717, 1.165) is 13.1 Å². The standard InChI is InChI=1S/C21H34N4O2S/c1-2-22-21(24-20-10-13-28(26,27)17-20)23-15-18-8-7-9-19(14-18)16-25-11-5-3-4-6-12-25/h7-9,14,20H,2-6,10-13,15-17H2,1H3,(H2,22,23,24). The van der Waals surface area contributed by atoms with Gasteiger partial charge in [-0.3, -0.25) is 4.90 Å². The first-order valence-electron chi connectivity index (χ1n) is 10.6. The number of rotatable bonds is 6. The number of aliphatic imine (C=N–C) groups is 1. The van der Waals surface area contributed by atoms with Crippen molar-refractivity contribution in [1.29, 1.82) is 0 Å². The fourth-order valence-electron chi connectivity index (χ4n) is 3.97. The Bertz CT molecular complexity index is 755. The van der Waals surface area contributed by atoms with Crippen LogP contribution in [0.25, 0.3) is 0 Å². The van der Waals surface area contributed by atoms with Gasteiger partial charge in [-0.15, -0.1) is 0 Å². The zero-order valence-corrected chi connectivity index (χ0v) is 17.8. The maximum atomic E-state index is 11.7. The molecule has 0 spiro atoms. The molecule has 7 heteroatoms. The maximum absolute atomic E-state index is 11.7. The SMILES string of the molecule is CCNC(=NCc1cccc(CN2CCCCCC2)c1)NC1CCS(=O)(=O)C1. The number of nitrogens with zero attached hydrogens (tertiary/aromatic N) is 2. The first kappa shape index (κ1) is 21.1. The van der Waals surface area contributed by atoms with E-state index >= 15 is 0 Å². The zero-order valence-electron chi connectivity index (χ0n) is 17.0. The lowest BCUT2D eigenvalue weighted by Crippen LogP contribution is -2.44. The summed E-state index contributed by atoms with van der Waals surface area (Å²) in [6.45, 7) is 6.76. The lowest BCUT2D eigenvalue weighted by atomic mass is 10.1. The van der Waals surface area contributed by atoms with Crippen molar-refractivity contribution in [2.75, 3.05) is 31.1 Å². The van der Waals surface area contributed by atoms with Crippen LogP contribution in [0.2, 0.25) is 0 Å². The molecule has 2 aliphatic rings. The van der Waals surface area contributed by atoms with Crippen LogP contribution in [-0.4, -0.2) is 56.5 Å². The Morgan fingerprint density at radius 3 is 2.61 bits per heavy atom. The number of guanidine groups is 1. The van der Waals surface area contributed by atoms with Crippen molar-refractivity contribution < 1.29 is 8.42 Å². The fourth-order valence-corrected chi connectivity index (χ4v) is 5.64. The summed E-state index contributed by atoms with van der Waals surface area (Å²) >= 11 is 0. The first-order chi connectivity index (χ1) is 13.5. The quantitative estimate of drug-likeness (QED) is 0.560. The molecule has 0 aliphatic carbocycles. The number of likely N-dealkylation sites (tertiary alicyclic amines) is 1. The second kappa shape index (κ2) is 10.3. The Hall–Kier alpha value is -1.60. The molecule has 2 N–H and O–H groups in total. The molecular weight excluding hydrogens is 372 g/mol. The molecule has 0 amide bonds. The van der Waals surface area contributed by atoms with Gasteiger partial charge in [0.25, 0.3) is 0 Å². The highest BCUT2D eigenvalue weighted by Gasteiger charge is 2.28. The Morgan fingerprint density at radius 2 is 1.93 bits per heavy atom. The highest BCUT2D eigenvalue weighted by Crippen LogP contribution is 2.15. The van der Waals surface area contributed by atoms with Crippen molar-refractivity contribution in [3.8, 4) is 0 Å². The normalized spacial score (nSPS) is 23.3. The van der Waals surface area contributed by atoms with Crippen LogP contribution in [0.15, 0.2) is 29.3 Å². The monoisotopic (exact) mass is 406 g/mol. The Labute approximate surface area is 169 Å². The molecule has 0 radical (unpaired) electrons. The summed E-state index contributed by atoms with van der Waals surface area (Å²) in [6, 6.07) is 8.63. The molecule has 156 valence electrons. The van der Waals surface area contributed by atoms with Crippen molar-refractivity contribution in [3.63, 3.8) is 0 Å². The van der Waals surface area contributed by atoms with Gasteiger partial charge in [0, 0.05) is 19.1 Å². The zero-order chi connectivity index (χ0) is 19.8. The van der Waals surface area contributed by atoms with Crippen LogP contribution in [0.1, 0.15) is 50.2 Å². The first-order valence-corrected chi connectivity index (χ1v) is 12.4. The van der Waals surface area contributed by atoms with Crippen molar-refractivity contribution in [2.45, 2.75) is 58.2 Å². The van der Waals surface area contributed by atoms with Gasteiger partial charge in [0.2, 0.25) is 0 Å². The van der Waals surface area contributed by atoms with Crippen LogP contribution in [0.3, 0.4) is 0 Å². The predicted octanol–water partition coefficient (Wildman–Crippen LogP) is 2.30. The van der Waals surface area contributed by atoms with E-state index in [1.165, 1.54) is 49.9 Å². The molecule has 6 nitrogen and oxygen atoms in total. The molecule has 2 aliphatic heterocycles. The van der Waals surface area contributed by atoms with Gasteiger partial charge in [-0.05, 0) is 50.4 Å². The Kier molecular flexibility index (Phi) is 7.73. The van der Waals surface area contributed by atoms with Crippen molar-refractivity contribution in [1.82, 2.24) is 15.5 Å². The molecule has 0 aromatic heterocycles. The average molecular weight is 407 g/mol. The van der Waals surface area contributed by atoms with Crippen LogP contribution in [-0.2, 0) is 22.9 Å². The third kappa shape index (κ3) is 6.78. The molecule has 0 saturated carbocycles. The topological polar surface area (TPSA) is 73.8 Å². The number of hydrogen-bond donors (Lipinski definition) is 2. The number of benzene rings is 1. The molecule has 0 bridgehead atoms. The van der Waals surface area contributed by atoms with Crippen LogP contribution in [0.4, 0.5) is 0 Å². The summed E-state index contributed by atoms with van der Waals surface area (Å²) in [7, 11) is -2.90. The van der Waals surface area contributed by atoms with Gasteiger partial charge >= 0.3 is 0 Å². The van der Waals surface area contributed by atoms with Gasteiger partial charge in [-0.1, -0.05) is 37.1 Å². The maximum Gasteiger partial charge on any atom is 0.191 e.